The van der Waals surface area contributed by atoms with E-state index in [-0.39, 0.29) is 13.0 Å². The van der Waals surface area contributed by atoms with Gasteiger partial charge in [-0.05, 0) is 58.1 Å². The number of nitrogens with two attached hydrogens (primary N) is 1. The minimum absolute atomic E-state index is 0.109. The smallest absolute Gasteiger partial charge is 0.307 e. The van der Waals surface area contributed by atoms with E-state index >= 15 is 0 Å². The molecule has 1 heterocycles. The molecular formula is C30H25NO4. The zero-order valence-corrected chi connectivity index (χ0v) is 19.1. The number of carboxylic acid groups (broad SMARTS) is 1. The van der Waals surface area contributed by atoms with Gasteiger partial charge in [-0.1, -0.05) is 60.7 Å². The molecule has 0 saturated heterocycles. The molecular weight excluding hydrogens is 438 g/mol. The number of furan rings is 1. The average molecular weight is 464 g/mol. The predicted octanol–water partition coefficient (Wildman–Crippen LogP) is 6.43. The zero-order chi connectivity index (χ0) is 24.2. The second-order valence-electron chi connectivity index (χ2n) is 8.43. The molecule has 0 unspecified atom stereocenters. The van der Waals surface area contributed by atoms with Crippen LogP contribution >= 0.6 is 0 Å². The first-order chi connectivity index (χ1) is 17.1. The molecule has 0 atom stereocenters. The van der Waals surface area contributed by atoms with Crippen molar-refractivity contribution in [2.75, 3.05) is 0 Å². The van der Waals surface area contributed by atoms with Crippen molar-refractivity contribution in [3.63, 3.8) is 0 Å². The number of fused-ring (bicyclic) bond motifs is 1. The fourth-order valence-corrected chi connectivity index (χ4v) is 4.28. The Morgan fingerprint density at radius 2 is 1.66 bits per heavy atom. The van der Waals surface area contributed by atoms with Crippen molar-refractivity contribution >= 4 is 16.9 Å². The van der Waals surface area contributed by atoms with Gasteiger partial charge < -0.3 is 20.0 Å². The van der Waals surface area contributed by atoms with Gasteiger partial charge in [-0.25, -0.2) is 0 Å². The lowest BCUT2D eigenvalue weighted by Crippen LogP contribution is -2.04. The van der Waals surface area contributed by atoms with Gasteiger partial charge in [-0.3, -0.25) is 4.79 Å². The lowest BCUT2D eigenvalue weighted by molar-refractivity contribution is -0.136. The summed E-state index contributed by atoms with van der Waals surface area (Å²) >= 11 is 0. The molecule has 35 heavy (non-hydrogen) atoms. The van der Waals surface area contributed by atoms with Crippen LogP contribution in [0.5, 0.6) is 5.75 Å². The van der Waals surface area contributed by atoms with Gasteiger partial charge in [0.1, 0.15) is 17.9 Å². The molecule has 4 aromatic carbocycles. The van der Waals surface area contributed by atoms with Crippen molar-refractivity contribution in [3.8, 4) is 28.0 Å². The van der Waals surface area contributed by atoms with Gasteiger partial charge in [0.25, 0.3) is 0 Å². The van der Waals surface area contributed by atoms with Gasteiger partial charge in [-0.15, -0.1) is 0 Å². The van der Waals surface area contributed by atoms with Crippen molar-refractivity contribution in [2.45, 2.75) is 19.6 Å². The summed E-state index contributed by atoms with van der Waals surface area (Å²) in [6, 6.07) is 29.7. The van der Waals surface area contributed by atoms with Gasteiger partial charge in [0.15, 0.2) is 0 Å². The summed E-state index contributed by atoms with van der Waals surface area (Å²) in [6.45, 7) is 0.748. The summed E-state index contributed by atoms with van der Waals surface area (Å²) < 4.78 is 12.0. The maximum absolute atomic E-state index is 11.4. The number of hydrogen-bond donors (Lipinski definition) is 2. The van der Waals surface area contributed by atoms with Crippen LogP contribution in [-0.2, 0) is 24.4 Å². The monoisotopic (exact) mass is 463 g/mol. The summed E-state index contributed by atoms with van der Waals surface area (Å²) in [7, 11) is 0. The lowest BCUT2D eigenvalue weighted by Gasteiger charge is -2.14. The molecule has 174 valence electrons. The predicted molar refractivity (Wildman–Crippen MR) is 137 cm³/mol. The molecule has 0 spiro atoms. The minimum Gasteiger partial charge on any atom is -0.489 e. The molecule has 0 amide bonds. The molecule has 5 nitrogen and oxygen atoms in total. The van der Waals surface area contributed by atoms with E-state index in [0.717, 1.165) is 44.3 Å². The quantitative estimate of drug-likeness (QED) is 0.277. The minimum atomic E-state index is -0.899. The first kappa shape index (κ1) is 22.4. The Bertz CT molecular complexity index is 1490. The third-order valence-corrected chi connectivity index (χ3v) is 5.99. The fraction of sp³-hybridized carbons (Fsp3) is 0.100. The van der Waals surface area contributed by atoms with E-state index < -0.39 is 5.97 Å². The summed E-state index contributed by atoms with van der Waals surface area (Å²) in [6.07, 6.45) is 1.57. The van der Waals surface area contributed by atoms with Gasteiger partial charge in [0.2, 0.25) is 0 Å². The van der Waals surface area contributed by atoms with Crippen LogP contribution in [0.3, 0.4) is 0 Å². The third kappa shape index (κ3) is 4.95. The van der Waals surface area contributed by atoms with Gasteiger partial charge in [-0.2, -0.15) is 0 Å². The molecule has 0 bridgehead atoms. The highest BCUT2D eigenvalue weighted by atomic mass is 16.5. The Hall–Kier alpha value is -4.35. The zero-order valence-electron chi connectivity index (χ0n) is 19.1. The van der Waals surface area contributed by atoms with E-state index in [1.807, 2.05) is 78.9 Å². The first-order valence-corrected chi connectivity index (χ1v) is 11.4. The molecule has 0 aliphatic carbocycles. The molecule has 1 aromatic heterocycles. The Kier molecular flexibility index (Phi) is 6.33. The van der Waals surface area contributed by atoms with Crippen LogP contribution in [0.15, 0.2) is 102 Å². The molecule has 0 aliphatic rings. The van der Waals surface area contributed by atoms with E-state index in [1.54, 1.807) is 6.26 Å². The Morgan fingerprint density at radius 3 is 2.46 bits per heavy atom. The number of ether oxygens (including phenoxy) is 1. The van der Waals surface area contributed by atoms with E-state index in [1.165, 1.54) is 0 Å². The average Bonchev–Trinajstić information content (AvgIpc) is 3.36. The number of carboxylic acids is 1. The van der Waals surface area contributed by atoms with E-state index in [9.17, 15) is 9.90 Å². The van der Waals surface area contributed by atoms with Crippen LogP contribution in [0.25, 0.3) is 33.2 Å². The molecule has 0 fully saturated rings. The van der Waals surface area contributed by atoms with Crippen molar-refractivity contribution in [1.29, 1.82) is 0 Å². The molecule has 0 radical (unpaired) electrons. The van der Waals surface area contributed by atoms with Crippen LogP contribution in [0.4, 0.5) is 0 Å². The number of carbonyl (C=O) groups is 1. The van der Waals surface area contributed by atoms with Gasteiger partial charge in [0.05, 0.1) is 12.7 Å². The maximum Gasteiger partial charge on any atom is 0.307 e. The second-order valence-corrected chi connectivity index (χ2v) is 8.43. The van der Waals surface area contributed by atoms with E-state index in [2.05, 4.69) is 12.1 Å². The highest BCUT2D eigenvalue weighted by Crippen LogP contribution is 2.33. The Balaban J connectivity index is 1.49. The van der Waals surface area contributed by atoms with Crippen molar-refractivity contribution in [3.05, 3.63) is 114 Å². The SMILES string of the molecule is NCc1cccc(-c2cc(COc3cc(-c4ccccc4)ccc3CC(=O)O)cc3ccoc23)c1. The maximum atomic E-state index is 11.4. The summed E-state index contributed by atoms with van der Waals surface area (Å²) in [5.41, 5.74) is 13.3. The lowest BCUT2D eigenvalue weighted by atomic mass is 9.99. The summed E-state index contributed by atoms with van der Waals surface area (Å²) in [5.74, 6) is -0.336. The largest absolute Gasteiger partial charge is 0.489 e. The molecule has 3 N–H and O–H groups in total. The molecule has 5 aromatic rings. The first-order valence-electron chi connectivity index (χ1n) is 11.4. The van der Waals surface area contributed by atoms with Gasteiger partial charge >= 0.3 is 5.97 Å². The molecule has 5 heteroatoms. The normalized spacial score (nSPS) is 11.0. The number of benzene rings is 4. The van der Waals surface area contributed by atoms with E-state index in [0.29, 0.717) is 17.9 Å². The van der Waals surface area contributed by atoms with Crippen LogP contribution in [0.2, 0.25) is 0 Å². The van der Waals surface area contributed by atoms with Crippen LogP contribution in [0.1, 0.15) is 16.7 Å². The molecule has 0 aliphatic heterocycles. The highest BCUT2D eigenvalue weighted by Gasteiger charge is 2.13. The standard InChI is InChI=1S/C30H25NO4/c31-18-20-5-4-8-24(13-20)27-15-21(14-26-11-12-34-30(26)27)19-35-28-16-23(22-6-2-1-3-7-22)9-10-25(28)17-29(32)33/h1-16H,17-19,31H2,(H,32,33). The van der Waals surface area contributed by atoms with Crippen molar-refractivity contribution in [2.24, 2.45) is 5.73 Å². The number of aliphatic carboxylic acids is 1. The van der Waals surface area contributed by atoms with E-state index in [4.69, 9.17) is 14.9 Å². The van der Waals surface area contributed by atoms with Crippen LogP contribution in [-0.4, -0.2) is 11.1 Å². The number of hydrogen-bond acceptors (Lipinski definition) is 4. The summed E-state index contributed by atoms with van der Waals surface area (Å²) in [4.78, 5) is 11.4. The third-order valence-electron chi connectivity index (χ3n) is 5.99. The van der Waals surface area contributed by atoms with Crippen LogP contribution in [0, 0.1) is 0 Å². The van der Waals surface area contributed by atoms with Crippen molar-refractivity contribution in [1.82, 2.24) is 0 Å². The van der Waals surface area contributed by atoms with Crippen LogP contribution < -0.4 is 10.5 Å². The fourth-order valence-electron chi connectivity index (χ4n) is 4.28. The van der Waals surface area contributed by atoms with Crippen molar-refractivity contribution < 1.29 is 19.1 Å². The summed E-state index contributed by atoms with van der Waals surface area (Å²) in [5, 5.41) is 10.4. The van der Waals surface area contributed by atoms with Gasteiger partial charge in [0, 0.05) is 23.1 Å². The second kappa shape index (κ2) is 9.87. The number of rotatable bonds is 8. The highest BCUT2D eigenvalue weighted by molar-refractivity contribution is 5.93. The molecule has 5 rings (SSSR count). The Labute approximate surface area is 203 Å². The molecule has 0 saturated carbocycles. The topological polar surface area (TPSA) is 85.7 Å². The Morgan fingerprint density at radius 1 is 0.829 bits per heavy atom.